The van der Waals surface area contributed by atoms with E-state index in [1.165, 1.54) is 6.07 Å². The number of nitrogens with two attached hydrogens (primary N) is 1. The van der Waals surface area contributed by atoms with Gasteiger partial charge in [0.15, 0.2) is 18.2 Å². The Kier molecular flexibility index (Phi) is 19.6. The summed E-state index contributed by atoms with van der Waals surface area (Å²) < 4.78 is 29.0. The summed E-state index contributed by atoms with van der Waals surface area (Å²) in [5, 5.41) is 23.8. The third-order valence-corrected chi connectivity index (χ3v) is 8.31. The molecule has 0 bridgehead atoms. The highest BCUT2D eigenvalue weighted by Crippen LogP contribution is 2.20. The molecule has 3 aliphatic rings. The first-order valence-corrected chi connectivity index (χ1v) is 18.3. The van der Waals surface area contributed by atoms with Crippen molar-refractivity contribution in [2.45, 2.75) is 18.3 Å². The number of rotatable bonds is 10. The molecule has 3 fully saturated rings. The number of hydrogen-bond acceptors (Lipinski definition) is 17. The molecule has 3 saturated heterocycles. The number of halogens is 1. The quantitative estimate of drug-likeness (QED) is 0.222. The highest BCUT2D eigenvalue weighted by molar-refractivity contribution is 5.48. The Morgan fingerprint density at radius 1 is 0.714 bits per heavy atom. The average molecular weight is 789 g/mol. The van der Waals surface area contributed by atoms with E-state index in [0.29, 0.717) is 18.5 Å². The van der Waals surface area contributed by atoms with Crippen LogP contribution in [0.15, 0.2) is 55.0 Å². The maximum Gasteiger partial charge on any atom is 0.363 e. The van der Waals surface area contributed by atoms with Gasteiger partial charge >= 0.3 is 11.6 Å². The van der Waals surface area contributed by atoms with E-state index in [1.54, 1.807) is 12.3 Å². The summed E-state index contributed by atoms with van der Waals surface area (Å²) in [7, 11) is 12.3. The van der Waals surface area contributed by atoms with Crippen molar-refractivity contribution < 1.29 is 28.4 Å². The van der Waals surface area contributed by atoms with Crippen LogP contribution >= 0.6 is 0 Å². The van der Waals surface area contributed by atoms with E-state index in [4.69, 9.17) is 19.9 Å². The first-order chi connectivity index (χ1) is 26.7. The number of nitrogen functional groups attached to an aromatic ring is 1. The summed E-state index contributed by atoms with van der Waals surface area (Å²) in [6, 6.07) is 9.03. The molecule has 310 valence electrons. The summed E-state index contributed by atoms with van der Waals surface area (Å²) in [6.45, 7) is 10.5. The van der Waals surface area contributed by atoms with Crippen molar-refractivity contribution >= 4 is 28.8 Å². The third-order valence-electron chi connectivity index (χ3n) is 8.31. The Hall–Kier alpha value is -4.70. The van der Waals surface area contributed by atoms with E-state index in [2.05, 4.69) is 73.0 Å². The second-order valence-electron chi connectivity index (χ2n) is 14.0. The maximum absolute atomic E-state index is 12.1. The maximum atomic E-state index is 12.1. The van der Waals surface area contributed by atoms with Crippen molar-refractivity contribution in [3.8, 4) is 0 Å². The van der Waals surface area contributed by atoms with Crippen molar-refractivity contribution in [1.29, 1.82) is 0 Å². The molecule has 0 aromatic carbocycles. The van der Waals surface area contributed by atoms with Crippen LogP contribution < -0.4 is 20.9 Å². The number of aromatic nitrogens is 3. The Morgan fingerprint density at radius 3 is 1.57 bits per heavy atom. The molecule has 3 N–H and O–H groups in total. The summed E-state index contributed by atoms with van der Waals surface area (Å²) in [5.41, 5.74) is 7.61. The SMILES string of the molecule is CN(C)CC1CN(c2ccc(N)nc2)CCO1.CN(C)CC1CN(c2ccc([N+](=O)[O-])nc2)CCO1.CN(C)CC1CNCCO1.O=[N+]([O-])c1ccc(F)cn1. The largest absolute Gasteiger partial charge is 0.384 e. The molecular formula is C36H57FN12O7. The highest BCUT2D eigenvalue weighted by Gasteiger charge is 2.23. The smallest absolute Gasteiger partial charge is 0.363 e. The van der Waals surface area contributed by atoms with Crippen LogP contribution in [0.3, 0.4) is 0 Å². The molecule has 56 heavy (non-hydrogen) atoms. The van der Waals surface area contributed by atoms with Crippen LogP contribution in [0.5, 0.6) is 0 Å². The first-order valence-electron chi connectivity index (χ1n) is 18.3. The van der Waals surface area contributed by atoms with E-state index >= 15 is 0 Å². The van der Waals surface area contributed by atoms with Crippen LogP contribution in [0.1, 0.15) is 0 Å². The summed E-state index contributed by atoms with van der Waals surface area (Å²) >= 11 is 0. The lowest BCUT2D eigenvalue weighted by molar-refractivity contribution is -0.389. The minimum absolute atomic E-state index is 0.123. The second kappa shape index (κ2) is 24.0. The predicted molar refractivity (Wildman–Crippen MR) is 213 cm³/mol. The van der Waals surface area contributed by atoms with E-state index in [-0.39, 0.29) is 23.8 Å². The van der Waals surface area contributed by atoms with Crippen LogP contribution in [0.25, 0.3) is 0 Å². The normalized spacial score (nSPS) is 19.6. The monoisotopic (exact) mass is 788 g/mol. The van der Waals surface area contributed by atoms with Crippen LogP contribution in [0.4, 0.5) is 33.2 Å². The van der Waals surface area contributed by atoms with E-state index in [0.717, 1.165) is 102 Å². The molecule has 0 aliphatic carbocycles. The molecule has 19 nitrogen and oxygen atoms in total. The van der Waals surface area contributed by atoms with Gasteiger partial charge in [0.1, 0.15) is 5.82 Å². The number of morpholine rings is 3. The summed E-state index contributed by atoms with van der Waals surface area (Å²) in [4.78, 5) is 41.3. The zero-order chi connectivity index (χ0) is 41.0. The minimum Gasteiger partial charge on any atom is -0.384 e. The molecule has 0 radical (unpaired) electrons. The number of ether oxygens (including phenoxy) is 3. The van der Waals surface area contributed by atoms with Gasteiger partial charge in [-0.25, -0.2) is 9.37 Å². The number of hydrogen-bond donors (Lipinski definition) is 2. The first kappa shape index (κ1) is 45.7. The van der Waals surface area contributed by atoms with E-state index < -0.39 is 15.7 Å². The van der Waals surface area contributed by atoms with Gasteiger partial charge in [-0.1, -0.05) is 0 Å². The van der Waals surface area contributed by atoms with Gasteiger partial charge in [0.2, 0.25) is 0 Å². The number of nitrogens with zero attached hydrogens (tertiary/aromatic N) is 10. The Bertz CT molecular complexity index is 1570. The van der Waals surface area contributed by atoms with Crippen molar-refractivity contribution in [3.05, 3.63) is 81.0 Å². The van der Waals surface area contributed by atoms with Crippen LogP contribution in [-0.2, 0) is 14.2 Å². The van der Waals surface area contributed by atoms with Gasteiger partial charge in [0, 0.05) is 71.0 Å². The summed E-state index contributed by atoms with van der Waals surface area (Å²) in [6.07, 6.45) is 4.99. The lowest BCUT2D eigenvalue weighted by Crippen LogP contribution is -2.46. The van der Waals surface area contributed by atoms with Gasteiger partial charge < -0.3 is 70.0 Å². The van der Waals surface area contributed by atoms with Crippen molar-refractivity contribution in [1.82, 2.24) is 35.0 Å². The zero-order valence-corrected chi connectivity index (χ0v) is 33.2. The third kappa shape index (κ3) is 17.4. The molecule has 3 aromatic rings. The Labute approximate surface area is 327 Å². The van der Waals surface area contributed by atoms with Gasteiger partial charge in [-0.3, -0.25) is 0 Å². The van der Waals surface area contributed by atoms with E-state index in [1.807, 2.05) is 32.4 Å². The van der Waals surface area contributed by atoms with Crippen molar-refractivity contribution in [2.75, 3.05) is 137 Å². The molecule has 3 atom stereocenters. The predicted octanol–water partition coefficient (Wildman–Crippen LogP) is 1.85. The van der Waals surface area contributed by atoms with Gasteiger partial charge in [0.25, 0.3) is 0 Å². The zero-order valence-electron chi connectivity index (χ0n) is 33.2. The van der Waals surface area contributed by atoms with E-state index in [9.17, 15) is 24.6 Å². The number of nitro groups is 2. The molecule has 0 saturated carbocycles. The number of anilines is 3. The molecule has 3 aliphatic heterocycles. The molecule has 3 unspecified atom stereocenters. The van der Waals surface area contributed by atoms with Crippen LogP contribution in [0.2, 0.25) is 0 Å². The second-order valence-corrected chi connectivity index (χ2v) is 14.0. The number of likely N-dealkylation sites (N-methyl/N-ethyl adjacent to an activating group) is 3. The van der Waals surface area contributed by atoms with Gasteiger partial charge in [-0.2, -0.15) is 0 Å². The lowest BCUT2D eigenvalue weighted by Gasteiger charge is -2.35. The molecule has 6 heterocycles. The topological polar surface area (TPSA) is 207 Å². The van der Waals surface area contributed by atoms with Crippen LogP contribution in [0, 0.1) is 26.0 Å². The molecule has 6 rings (SSSR count). The molecular weight excluding hydrogens is 731 g/mol. The molecule has 0 spiro atoms. The van der Waals surface area contributed by atoms with Crippen LogP contribution in [-0.4, -0.2) is 179 Å². The van der Waals surface area contributed by atoms with Gasteiger partial charge in [0.05, 0.1) is 55.7 Å². The fourth-order valence-electron chi connectivity index (χ4n) is 5.82. The Morgan fingerprint density at radius 2 is 1.18 bits per heavy atom. The van der Waals surface area contributed by atoms with Crippen molar-refractivity contribution in [2.24, 2.45) is 0 Å². The number of pyridine rings is 3. The molecule has 3 aromatic heterocycles. The van der Waals surface area contributed by atoms with Crippen molar-refractivity contribution in [3.63, 3.8) is 0 Å². The van der Waals surface area contributed by atoms with Gasteiger partial charge in [-0.15, -0.1) is 0 Å². The standard InChI is InChI=1S/C12H18N4O3.C12H20N4O.C7H16N2O.C5H3FN2O2/c1-14(2)8-11-9-15(5-6-19-11)10-3-4-12(13-7-10)16(17)18;1-15(2)8-11-9-16(5-6-17-11)10-3-4-12(13)14-7-10;1-9(2)6-7-5-8-3-4-10-7;6-4-1-2-5(7-3-4)8(9)10/h3-4,7,11H,5-6,8-9H2,1-2H3;3-4,7,11H,5-6,8-9H2,1-2H3,(H2,13,14);7-8H,3-6H2,1-2H3;1-3H. The molecule has 0 amide bonds. The highest BCUT2D eigenvalue weighted by atomic mass is 19.1. The number of nitrogens with one attached hydrogen (secondary N) is 1. The summed E-state index contributed by atoms with van der Waals surface area (Å²) in [5.74, 6) is -0.485. The average Bonchev–Trinajstić information content (AvgIpc) is 3.16. The fraction of sp³-hybridized carbons (Fsp3) is 0.583. The lowest BCUT2D eigenvalue weighted by atomic mass is 10.2. The molecule has 20 heteroatoms. The van der Waals surface area contributed by atoms with Gasteiger partial charge in [-0.05, 0) is 86.4 Å². The fourth-order valence-corrected chi connectivity index (χ4v) is 5.82. The minimum atomic E-state index is -0.681. The Balaban J connectivity index is 0.000000208.